The molecule has 4 amide bonds. The molecule has 2 fully saturated rings. The van der Waals surface area contributed by atoms with Crippen molar-refractivity contribution in [1.29, 1.82) is 0 Å². The number of thiophene rings is 2. The Bertz CT molecular complexity index is 2790. The molecule has 63 heavy (non-hydrogen) atoms. The summed E-state index contributed by atoms with van der Waals surface area (Å²) in [6, 6.07) is 21.9. The lowest BCUT2D eigenvalue weighted by Crippen LogP contribution is -2.51. The van der Waals surface area contributed by atoms with Crippen LogP contribution in [-0.4, -0.2) is 87.1 Å². The number of rotatable bonds is 11. The van der Waals surface area contributed by atoms with Crippen LogP contribution in [0, 0.1) is 5.92 Å². The molecule has 3 unspecified atom stereocenters. The summed E-state index contributed by atoms with van der Waals surface area (Å²) in [4.78, 5) is 72.3. The van der Waals surface area contributed by atoms with Gasteiger partial charge in [-0.15, -0.1) is 22.7 Å². The van der Waals surface area contributed by atoms with E-state index in [0.29, 0.717) is 24.5 Å². The highest BCUT2D eigenvalue weighted by atomic mass is 32.1. The van der Waals surface area contributed by atoms with E-state index in [9.17, 15) is 19.2 Å². The number of hydrogen-bond acceptors (Lipinski definition) is 10. The fourth-order valence-electron chi connectivity index (χ4n) is 8.84. The lowest BCUT2D eigenvalue weighted by molar-refractivity contribution is -0.135. The van der Waals surface area contributed by atoms with Gasteiger partial charge in [-0.25, -0.2) is 19.6 Å². The van der Waals surface area contributed by atoms with Gasteiger partial charge >= 0.3 is 12.2 Å². The molecule has 3 aromatic carbocycles. The number of aromatic amines is 2. The number of ether oxygens (including phenoxy) is 2. The number of benzene rings is 3. The van der Waals surface area contributed by atoms with Gasteiger partial charge in [0.15, 0.2) is 0 Å². The van der Waals surface area contributed by atoms with Crippen molar-refractivity contribution in [1.82, 2.24) is 40.4 Å². The molecule has 0 radical (unpaired) electrons. The third kappa shape index (κ3) is 8.16. The monoisotopic (exact) mass is 884 g/mol. The van der Waals surface area contributed by atoms with Crippen LogP contribution in [-0.2, 0) is 19.1 Å². The highest BCUT2D eigenvalue weighted by Gasteiger charge is 2.39. The molecule has 4 atom stereocenters. The Morgan fingerprint density at radius 3 is 2.00 bits per heavy atom. The summed E-state index contributed by atoms with van der Waals surface area (Å²) >= 11 is 3.46. The first-order valence-corrected chi connectivity index (χ1v) is 22.9. The second-order valence-electron chi connectivity index (χ2n) is 16.3. The van der Waals surface area contributed by atoms with Crippen molar-refractivity contribution in [3.05, 3.63) is 107 Å². The molecule has 324 valence electrons. The molecular formula is C47H48N8O6S2. The van der Waals surface area contributed by atoms with E-state index < -0.39 is 24.3 Å². The molecule has 4 aromatic heterocycles. The van der Waals surface area contributed by atoms with Crippen molar-refractivity contribution < 1.29 is 28.7 Å². The van der Waals surface area contributed by atoms with Crippen LogP contribution in [0.4, 0.5) is 9.59 Å². The van der Waals surface area contributed by atoms with Crippen molar-refractivity contribution >= 4 is 67.1 Å². The zero-order chi connectivity index (χ0) is 43.8. The minimum atomic E-state index is -0.880. The summed E-state index contributed by atoms with van der Waals surface area (Å²) in [5.74, 6) is 1.00. The molecule has 2 aliphatic heterocycles. The van der Waals surface area contributed by atoms with Crippen LogP contribution in [0.3, 0.4) is 0 Å². The second-order valence-corrected chi connectivity index (χ2v) is 18.0. The number of likely N-dealkylation sites (tertiary alicyclic amines) is 2. The predicted octanol–water partition coefficient (Wildman–Crippen LogP) is 9.37. The van der Waals surface area contributed by atoms with Gasteiger partial charge in [-0.1, -0.05) is 74.5 Å². The third-order valence-corrected chi connectivity index (χ3v) is 14.3. The first-order valence-electron chi connectivity index (χ1n) is 21.1. The topological polar surface area (TPSA) is 175 Å². The number of methoxy groups -OCH3 is 2. The van der Waals surface area contributed by atoms with Crippen molar-refractivity contribution in [2.75, 3.05) is 27.3 Å². The van der Waals surface area contributed by atoms with E-state index in [1.165, 1.54) is 29.2 Å². The fourth-order valence-corrected chi connectivity index (χ4v) is 11.3. The number of alkyl carbamates (subject to hydrolysis) is 2. The molecule has 16 heteroatoms. The number of H-pyrrole nitrogens is 2. The smallest absolute Gasteiger partial charge is 0.407 e. The average molecular weight is 885 g/mol. The van der Waals surface area contributed by atoms with E-state index in [0.717, 1.165) is 70.5 Å². The van der Waals surface area contributed by atoms with Gasteiger partial charge in [-0.3, -0.25) is 9.59 Å². The van der Waals surface area contributed by atoms with E-state index in [-0.39, 0.29) is 29.8 Å². The highest BCUT2D eigenvalue weighted by molar-refractivity contribution is 7.27. The number of nitrogens with one attached hydrogen (secondary N) is 4. The van der Waals surface area contributed by atoms with E-state index in [4.69, 9.17) is 19.4 Å². The molecule has 6 heterocycles. The summed E-state index contributed by atoms with van der Waals surface area (Å²) in [7, 11) is 2.58. The minimum Gasteiger partial charge on any atom is -0.453 e. The molecular weight excluding hydrogens is 837 g/mol. The number of hydrogen-bond donors (Lipinski definition) is 4. The average Bonchev–Trinajstić information content (AvgIpc) is 4.17. The Balaban J connectivity index is 0.905. The van der Waals surface area contributed by atoms with Crippen LogP contribution in [0.25, 0.3) is 53.9 Å². The van der Waals surface area contributed by atoms with Gasteiger partial charge in [-0.2, -0.15) is 0 Å². The van der Waals surface area contributed by atoms with E-state index in [1.807, 2.05) is 61.3 Å². The number of nitrogens with zero attached hydrogens (tertiary/aromatic N) is 4. The Hall–Kier alpha value is -6.52. The van der Waals surface area contributed by atoms with Crippen molar-refractivity contribution in [2.24, 2.45) is 5.92 Å². The SMILES string of the molecule is COC(=O)NC(C(=O)N1CCC[C@H]1c1ncc(-c2ccc(-c3csc4c(-c5ccc6nc(C7CCCN7C(=O)C(NC(=O)OC)C(C)C)[nH]c6c5)csc34)cc2)[nH]1)c1ccccc1. The number of carbonyl (C=O) groups excluding carboxylic acids is 4. The van der Waals surface area contributed by atoms with Crippen LogP contribution in [0.2, 0.25) is 0 Å². The summed E-state index contributed by atoms with van der Waals surface area (Å²) in [5, 5.41) is 9.88. The Morgan fingerprint density at radius 2 is 1.33 bits per heavy atom. The first-order chi connectivity index (χ1) is 30.6. The van der Waals surface area contributed by atoms with Crippen molar-refractivity contribution in [3.63, 3.8) is 0 Å². The van der Waals surface area contributed by atoms with Gasteiger partial charge in [0, 0.05) is 35.0 Å². The Kier molecular flexibility index (Phi) is 11.7. The molecule has 4 N–H and O–H groups in total. The summed E-state index contributed by atoms with van der Waals surface area (Å²) in [6.45, 7) is 4.97. The maximum Gasteiger partial charge on any atom is 0.407 e. The van der Waals surface area contributed by atoms with Crippen LogP contribution in [0.1, 0.15) is 74.9 Å². The van der Waals surface area contributed by atoms with Crippen LogP contribution < -0.4 is 10.6 Å². The molecule has 0 spiro atoms. The third-order valence-electron chi connectivity index (χ3n) is 12.1. The Morgan fingerprint density at radius 1 is 0.730 bits per heavy atom. The number of carbonyl (C=O) groups is 4. The van der Waals surface area contributed by atoms with Gasteiger partial charge in [0.2, 0.25) is 5.91 Å². The lowest BCUT2D eigenvalue weighted by atomic mass is 10.0. The van der Waals surface area contributed by atoms with E-state index in [2.05, 4.69) is 67.8 Å². The minimum absolute atomic E-state index is 0.110. The molecule has 9 rings (SSSR count). The maximum atomic E-state index is 14.0. The molecule has 0 saturated carbocycles. The lowest BCUT2D eigenvalue weighted by Gasteiger charge is -2.29. The van der Waals surface area contributed by atoms with E-state index in [1.54, 1.807) is 27.6 Å². The predicted molar refractivity (Wildman–Crippen MR) is 244 cm³/mol. The summed E-state index contributed by atoms with van der Waals surface area (Å²) in [6.07, 6.45) is 3.73. The summed E-state index contributed by atoms with van der Waals surface area (Å²) in [5.41, 5.74) is 8.80. The Labute approximate surface area is 372 Å². The zero-order valence-electron chi connectivity index (χ0n) is 35.3. The first kappa shape index (κ1) is 41.8. The van der Waals surface area contributed by atoms with Gasteiger partial charge in [-0.05, 0) is 66.0 Å². The number of fused-ring (bicyclic) bond motifs is 2. The molecule has 2 saturated heterocycles. The van der Waals surface area contributed by atoms with Crippen LogP contribution in [0.5, 0.6) is 0 Å². The molecule has 0 aliphatic carbocycles. The maximum absolute atomic E-state index is 14.0. The van der Waals surface area contributed by atoms with Gasteiger partial charge < -0.3 is 39.9 Å². The van der Waals surface area contributed by atoms with Crippen molar-refractivity contribution in [2.45, 2.75) is 63.7 Å². The highest BCUT2D eigenvalue weighted by Crippen LogP contribution is 2.45. The molecule has 14 nitrogen and oxygen atoms in total. The fraction of sp³-hybridized carbons (Fsp3) is 0.319. The number of imidazole rings is 2. The van der Waals surface area contributed by atoms with E-state index >= 15 is 0 Å². The van der Waals surface area contributed by atoms with Crippen molar-refractivity contribution in [3.8, 4) is 33.5 Å². The molecule has 0 bridgehead atoms. The summed E-state index contributed by atoms with van der Waals surface area (Å²) < 4.78 is 12.1. The van der Waals surface area contributed by atoms with Gasteiger partial charge in [0.05, 0.1) is 58.6 Å². The quantitative estimate of drug-likeness (QED) is 0.0994. The van der Waals surface area contributed by atoms with Gasteiger partial charge in [0.25, 0.3) is 5.91 Å². The van der Waals surface area contributed by atoms with Crippen LogP contribution in [0.15, 0.2) is 89.8 Å². The zero-order valence-corrected chi connectivity index (χ0v) is 37.0. The standard InChI is InChI=1S/C47H48N8O6S2/c1-26(2)38(52-46(58)60-3)44(56)55-21-9-13-37(55)43-49-33-19-18-30(22-34(33)50-43)32-25-63-40-31(24-62-41(32)40)27-14-16-28(17-15-27)35-23-48-42(51-35)36-12-8-20-54(36)45(57)39(53-47(59)61-4)29-10-6-5-7-11-29/h5-7,10-11,14-19,22-26,36-39H,8-9,12-13,20-21H2,1-4H3,(H,48,51)(H,49,50)(H,52,58)(H,53,59)/t36-,37?,38?,39?/m0/s1. The molecule has 7 aromatic rings. The largest absolute Gasteiger partial charge is 0.453 e. The normalized spacial score (nSPS) is 17.3. The number of aromatic nitrogens is 4. The number of amides is 4. The van der Waals surface area contributed by atoms with Gasteiger partial charge in [0.1, 0.15) is 23.7 Å². The van der Waals surface area contributed by atoms with Crippen LogP contribution >= 0.6 is 22.7 Å². The second kappa shape index (κ2) is 17.7. The molecule has 2 aliphatic rings.